The molecule has 0 saturated carbocycles. The number of tetrazole rings is 1. The molecule has 7 heteroatoms. The molecule has 182 valence electrons. The van der Waals surface area contributed by atoms with Gasteiger partial charge in [-0.3, -0.25) is 0 Å². The smallest absolute Gasteiger partial charge is 0.205 e. The zero-order chi connectivity index (χ0) is 25.0. The van der Waals surface area contributed by atoms with Gasteiger partial charge in [0.15, 0.2) is 0 Å². The van der Waals surface area contributed by atoms with Crippen LogP contribution in [-0.2, 0) is 13.0 Å². The highest BCUT2D eigenvalue weighted by Gasteiger charge is 2.18. The minimum absolute atomic E-state index is 0.589. The summed E-state index contributed by atoms with van der Waals surface area (Å²) in [6, 6.07) is 27.2. The Morgan fingerprint density at radius 2 is 1.51 bits per heavy atom. The summed E-state index contributed by atoms with van der Waals surface area (Å²) in [7, 11) is 0. The molecule has 4 aromatic rings. The molecule has 2 aliphatic rings. The number of nitrogens with one attached hydrogen (secondary N) is 1. The summed E-state index contributed by atoms with van der Waals surface area (Å²) in [4.78, 5) is 9.78. The largest absolute Gasteiger partial charge is 0.347 e. The summed E-state index contributed by atoms with van der Waals surface area (Å²) in [5, 5.41) is 14.6. The van der Waals surface area contributed by atoms with Crippen molar-refractivity contribution in [2.75, 3.05) is 0 Å². The van der Waals surface area contributed by atoms with Gasteiger partial charge in [-0.2, -0.15) is 5.21 Å². The third-order valence-electron chi connectivity index (χ3n) is 6.55. The number of hydrogen-bond donors (Lipinski definition) is 1. The van der Waals surface area contributed by atoms with E-state index in [0.717, 1.165) is 70.8 Å². The van der Waals surface area contributed by atoms with E-state index >= 15 is 0 Å². The average molecular weight is 486 g/mol. The van der Waals surface area contributed by atoms with E-state index in [1.165, 1.54) is 5.56 Å². The van der Waals surface area contributed by atoms with Crippen molar-refractivity contribution in [2.24, 2.45) is 0 Å². The summed E-state index contributed by atoms with van der Waals surface area (Å²) in [6.07, 6.45) is 7.44. The quantitative estimate of drug-likeness (QED) is 0.274. The number of benzene rings is 3. The highest BCUT2D eigenvalue weighted by atomic mass is 15.5. The zero-order valence-corrected chi connectivity index (χ0v) is 20.7. The van der Waals surface area contributed by atoms with Crippen molar-refractivity contribution >= 4 is 0 Å². The maximum atomic E-state index is 4.91. The van der Waals surface area contributed by atoms with E-state index in [0.29, 0.717) is 5.82 Å². The summed E-state index contributed by atoms with van der Waals surface area (Å²) in [6.45, 7) is 2.93. The van der Waals surface area contributed by atoms with E-state index in [1.807, 2.05) is 24.3 Å². The zero-order valence-electron chi connectivity index (χ0n) is 20.7. The van der Waals surface area contributed by atoms with E-state index in [4.69, 9.17) is 9.97 Å². The SMILES string of the molecule is CCCCc1nc2cn(Cc3ccc(-c4ccccc4-c4nn[nH]n4)cc3)cc(-c3ccccc3)c-2n1. The standard InChI is InChI=1S/C30H27N7/c1-2-3-13-28-31-27-20-37(19-26(29(27)32-28)22-9-5-4-6-10-22)18-21-14-16-23(17-15-21)24-11-7-8-12-25(24)30-33-35-36-34-30/h4-12,14-17,19-20H,2-3,13,18H2,1H3,(H,33,34,35,36). The number of imidazole rings is 1. The molecular weight excluding hydrogens is 458 g/mol. The number of hydrogen-bond acceptors (Lipinski definition) is 5. The molecule has 0 radical (unpaired) electrons. The van der Waals surface area contributed by atoms with Crippen LogP contribution in [0.2, 0.25) is 0 Å². The molecule has 0 aliphatic carbocycles. The first kappa shape index (κ1) is 22.8. The van der Waals surface area contributed by atoms with Crippen LogP contribution in [0.3, 0.4) is 0 Å². The molecule has 7 nitrogen and oxygen atoms in total. The lowest BCUT2D eigenvalue weighted by Gasteiger charge is -2.14. The molecule has 2 aliphatic heterocycles. The first-order valence-corrected chi connectivity index (χ1v) is 12.6. The Kier molecular flexibility index (Phi) is 6.25. The summed E-state index contributed by atoms with van der Waals surface area (Å²) >= 11 is 0. The fraction of sp³-hybridized carbons (Fsp3) is 0.167. The van der Waals surface area contributed by atoms with Crippen molar-refractivity contribution in [1.82, 2.24) is 35.2 Å². The molecule has 0 atom stereocenters. The van der Waals surface area contributed by atoms with Crippen LogP contribution in [0.15, 0.2) is 91.3 Å². The molecule has 0 saturated heterocycles. The second kappa shape index (κ2) is 10.1. The number of nitrogens with zero attached hydrogens (tertiary/aromatic N) is 6. The third-order valence-corrected chi connectivity index (χ3v) is 6.55. The van der Waals surface area contributed by atoms with Gasteiger partial charge in [0, 0.05) is 36.5 Å². The lowest BCUT2D eigenvalue weighted by atomic mass is 9.98. The van der Waals surface area contributed by atoms with Crippen molar-refractivity contribution < 1.29 is 0 Å². The van der Waals surface area contributed by atoms with Crippen LogP contribution < -0.4 is 0 Å². The Bertz CT molecular complexity index is 1570. The van der Waals surface area contributed by atoms with Gasteiger partial charge in [0.25, 0.3) is 0 Å². The number of H-pyrrole nitrogens is 1. The maximum Gasteiger partial charge on any atom is 0.205 e. The van der Waals surface area contributed by atoms with Crippen molar-refractivity contribution in [1.29, 1.82) is 0 Å². The molecule has 0 fully saturated rings. The molecule has 0 amide bonds. The number of fused-ring (bicyclic) bond motifs is 1. The highest BCUT2D eigenvalue weighted by Crippen LogP contribution is 2.33. The van der Waals surface area contributed by atoms with Gasteiger partial charge in [-0.15, -0.1) is 10.2 Å². The lowest BCUT2D eigenvalue weighted by Crippen LogP contribution is -2.03. The average Bonchev–Trinajstić information content (AvgIpc) is 3.63. The highest BCUT2D eigenvalue weighted by molar-refractivity contribution is 5.81. The molecule has 3 aromatic carbocycles. The molecule has 0 unspecified atom stereocenters. The van der Waals surface area contributed by atoms with Gasteiger partial charge >= 0.3 is 0 Å². The first-order valence-electron chi connectivity index (χ1n) is 12.6. The van der Waals surface area contributed by atoms with Crippen LogP contribution in [0.5, 0.6) is 0 Å². The van der Waals surface area contributed by atoms with Crippen LogP contribution in [0.4, 0.5) is 0 Å². The normalized spacial score (nSPS) is 11.3. The minimum Gasteiger partial charge on any atom is -0.347 e. The van der Waals surface area contributed by atoms with Gasteiger partial charge in [0.1, 0.15) is 17.2 Å². The molecule has 3 heterocycles. The third kappa shape index (κ3) is 4.76. The molecule has 0 bridgehead atoms. The molecule has 1 N–H and O–H groups in total. The monoisotopic (exact) mass is 485 g/mol. The second-order valence-corrected chi connectivity index (χ2v) is 9.17. The summed E-state index contributed by atoms with van der Waals surface area (Å²) in [5.41, 5.74) is 8.51. The van der Waals surface area contributed by atoms with Crippen molar-refractivity contribution in [2.45, 2.75) is 32.7 Å². The van der Waals surface area contributed by atoms with Gasteiger partial charge in [-0.1, -0.05) is 92.2 Å². The van der Waals surface area contributed by atoms with Crippen molar-refractivity contribution in [3.63, 3.8) is 0 Å². The van der Waals surface area contributed by atoms with E-state index < -0.39 is 0 Å². The predicted molar refractivity (Wildman–Crippen MR) is 145 cm³/mol. The molecular formula is C30H27N7. The minimum atomic E-state index is 0.589. The Morgan fingerprint density at radius 1 is 0.757 bits per heavy atom. The Morgan fingerprint density at radius 3 is 2.27 bits per heavy atom. The van der Waals surface area contributed by atoms with Crippen LogP contribution >= 0.6 is 0 Å². The van der Waals surface area contributed by atoms with Gasteiger partial charge in [0.2, 0.25) is 5.82 Å². The maximum absolute atomic E-state index is 4.91. The fourth-order valence-corrected chi connectivity index (χ4v) is 4.69. The fourth-order valence-electron chi connectivity index (χ4n) is 4.69. The van der Waals surface area contributed by atoms with Gasteiger partial charge in [-0.25, -0.2) is 9.97 Å². The number of aryl methyl sites for hydroxylation is 1. The first-order chi connectivity index (χ1) is 18.3. The van der Waals surface area contributed by atoms with Crippen molar-refractivity contribution in [3.8, 4) is 45.0 Å². The Balaban J connectivity index is 1.33. The van der Waals surface area contributed by atoms with E-state index in [2.05, 4.69) is 99.1 Å². The topological polar surface area (TPSA) is 85.2 Å². The molecule has 1 aromatic heterocycles. The second-order valence-electron chi connectivity index (χ2n) is 9.17. The molecule has 37 heavy (non-hydrogen) atoms. The van der Waals surface area contributed by atoms with Crippen molar-refractivity contribution in [3.05, 3.63) is 103 Å². The van der Waals surface area contributed by atoms with E-state index in [-0.39, 0.29) is 0 Å². The van der Waals surface area contributed by atoms with E-state index in [9.17, 15) is 0 Å². The van der Waals surface area contributed by atoms with Crippen LogP contribution in [-0.4, -0.2) is 35.2 Å². The number of pyridine rings is 1. The number of unbranched alkanes of at least 4 members (excludes halogenated alkanes) is 1. The van der Waals surface area contributed by atoms with Gasteiger partial charge < -0.3 is 4.57 Å². The Hall–Kier alpha value is -4.65. The Labute approximate surface area is 215 Å². The van der Waals surface area contributed by atoms with E-state index in [1.54, 1.807) is 0 Å². The molecule has 0 spiro atoms. The van der Waals surface area contributed by atoms with Crippen LogP contribution in [0, 0.1) is 0 Å². The lowest BCUT2D eigenvalue weighted by molar-refractivity contribution is 0.763. The number of aromatic nitrogens is 7. The predicted octanol–water partition coefficient (Wildman–Crippen LogP) is 6.29. The molecule has 6 rings (SSSR count). The van der Waals surface area contributed by atoms with Gasteiger partial charge in [-0.05, 0) is 33.9 Å². The summed E-state index contributed by atoms with van der Waals surface area (Å²) < 4.78 is 2.21. The van der Waals surface area contributed by atoms with Gasteiger partial charge in [0.05, 0.1) is 0 Å². The number of rotatable bonds is 8. The number of aromatic amines is 1. The summed E-state index contributed by atoms with van der Waals surface area (Å²) in [5.74, 6) is 1.52. The van der Waals surface area contributed by atoms with Crippen LogP contribution in [0.25, 0.3) is 45.0 Å². The van der Waals surface area contributed by atoms with Crippen LogP contribution in [0.1, 0.15) is 31.2 Å².